The minimum absolute atomic E-state index is 0.358. The molecule has 1 aromatic rings. The maximum Gasteiger partial charge on any atom is 0.122 e. The summed E-state index contributed by atoms with van der Waals surface area (Å²) in [5.74, 6) is 0. The van der Waals surface area contributed by atoms with Gasteiger partial charge >= 0.3 is 0 Å². The van der Waals surface area contributed by atoms with E-state index in [1.807, 2.05) is 37.3 Å². The number of benzene rings is 1. The molecule has 0 saturated carbocycles. The molecule has 64 valence electrons. The van der Waals surface area contributed by atoms with Crippen molar-refractivity contribution < 1.29 is 4.79 Å². The zero-order chi connectivity index (χ0) is 9.03. The minimum atomic E-state index is -0.525. The summed E-state index contributed by atoms with van der Waals surface area (Å²) >= 11 is 0. The largest absolute Gasteiger partial charge is 0.321 e. The lowest BCUT2D eigenvalue weighted by atomic mass is 9.91. The Morgan fingerprint density at radius 3 is 2.50 bits per heavy atom. The predicted molar refractivity (Wildman–Crippen MR) is 48.7 cm³/mol. The Morgan fingerprint density at radius 1 is 1.42 bits per heavy atom. The van der Waals surface area contributed by atoms with Crippen LogP contribution in [0.4, 0.5) is 0 Å². The van der Waals surface area contributed by atoms with Gasteiger partial charge < -0.3 is 10.5 Å². The van der Waals surface area contributed by atoms with Crippen LogP contribution in [0.2, 0.25) is 0 Å². The normalized spacial score (nSPS) is 15.2. The summed E-state index contributed by atoms with van der Waals surface area (Å²) in [7, 11) is 0. The molecule has 1 rings (SSSR count). The molecule has 0 fully saturated rings. The second-order valence-corrected chi connectivity index (χ2v) is 3.15. The van der Waals surface area contributed by atoms with Crippen LogP contribution in [0.5, 0.6) is 0 Å². The number of aldehydes is 1. The molecule has 0 aliphatic carbocycles. The summed E-state index contributed by atoms with van der Waals surface area (Å²) in [5.41, 5.74) is 6.39. The third kappa shape index (κ3) is 1.92. The van der Waals surface area contributed by atoms with Crippen LogP contribution < -0.4 is 5.73 Å². The molecule has 0 amide bonds. The highest BCUT2D eigenvalue weighted by atomic mass is 16.1. The van der Waals surface area contributed by atoms with Gasteiger partial charge in [0.15, 0.2) is 0 Å². The molecule has 12 heavy (non-hydrogen) atoms. The Kier molecular flexibility index (Phi) is 2.61. The molecule has 2 nitrogen and oxygen atoms in total. The lowest BCUT2D eigenvalue weighted by Gasteiger charge is -2.22. The van der Waals surface area contributed by atoms with Gasteiger partial charge in [-0.3, -0.25) is 0 Å². The molecule has 1 atom stereocenters. The summed E-state index contributed by atoms with van der Waals surface area (Å²) in [6, 6.07) is 9.64. The minimum Gasteiger partial charge on any atom is -0.321 e. The molecular weight excluding hydrogens is 150 g/mol. The van der Waals surface area contributed by atoms with Crippen molar-refractivity contribution in [1.82, 2.24) is 0 Å². The van der Waals surface area contributed by atoms with Crippen LogP contribution >= 0.6 is 0 Å². The average Bonchev–Trinajstić information content (AvgIpc) is 2.06. The van der Waals surface area contributed by atoms with Gasteiger partial charge in [0.1, 0.15) is 6.29 Å². The van der Waals surface area contributed by atoms with Gasteiger partial charge in [0.25, 0.3) is 0 Å². The molecule has 0 aromatic heterocycles. The number of rotatable bonds is 3. The summed E-state index contributed by atoms with van der Waals surface area (Å²) < 4.78 is 0. The lowest BCUT2D eigenvalue weighted by Crippen LogP contribution is -2.33. The van der Waals surface area contributed by atoms with E-state index in [1.54, 1.807) is 0 Å². The fourth-order valence-corrected chi connectivity index (χ4v) is 1.11. The van der Waals surface area contributed by atoms with E-state index < -0.39 is 5.54 Å². The van der Waals surface area contributed by atoms with Crippen molar-refractivity contribution in [1.29, 1.82) is 0 Å². The van der Waals surface area contributed by atoms with Crippen LogP contribution in [0.3, 0.4) is 0 Å². The maximum absolute atomic E-state index is 10.3. The number of hydrogen-bond acceptors (Lipinski definition) is 2. The quantitative estimate of drug-likeness (QED) is 0.685. The third-order valence-electron chi connectivity index (χ3n) is 1.94. The molecule has 0 spiro atoms. The molecule has 1 aromatic carbocycles. The molecule has 0 bridgehead atoms. The summed E-state index contributed by atoms with van der Waals surface area (Å²) in [6.45, 7) is 1.86. The van der Waals surface area contributed by atoms with E-state index in [-0.39, 0.29) is 0 Å². The SMILES string of the molecule is CC(N)(CC=O)c1ccccc1. The van der Waals surface area contributed by atoms with E-state index in [0.717, 1.165) is 11.8 Å². The molecule has 2 heteroatoms. The zero-order valence-corrected chi connectivity index (χ0v) is 7.16. The van der Waals surface area contributed by atoms with Crippen molar-refractivity contribution in [2.75, 3.05) is 0 Å². The molecule has 0 aliphatic rings. The number of nitrogens with two attached hydrogens (primary N) is 1. The van der Waals surface area contributed by atoms with Crippen LogP contribution in [-0.2, 0) is 10.3 Å². The topological polar surface area (TPSA) is 43.1 Å². The summed E-state index contributed by atoms with van der Waals surface area (Å²) in [4.78, 5) is 10.3. The Morgan fingerprint density at radius 2 is 2.00 bits per heavy atom. The van der Waals surface area contributed by atoms with Crippen molar-refractivity contribution in [2.45, 2.75) is 18.9 Å². The van der Waals surface area contributed by atoms with Gasteiger partial charge in [-0.15, -0.1) is 0 Å². The van der Waals surface area contributed by atoms with Crippen LogP contribution in [0.1, 0.15) is 18.9 Å². The van der Waals surface area contributed by atoms with Crippen LogP contribution in [0, 0.1) is 0 Å². The Labute approximate surface area is 72.4 Å². The van der Waals surface area contributed by atoms with Gasteiger partial charge in [0.05, 0.1) is 0 Å². The first kappa shape index (κ1) is 8.94. The molecule has 0 radical (unpaired) electrons. The lowest BCUT2D eigenvalue weighted by molar-refractivity contribution is -0.108. The van der Waals surface area contributed by atoms with Gasteiger partial charge in [0, 0.05) is 12.0 Å². The van der Waals surface area contributed by atoms with Crippen LogP contribution in [-0.4, -0.2) is 6.29 Å². The van der Waals surface area contributed by atoms with E-state index in [1.165, 1.54) is 0 Å². The maximum atomic E-state index is 10.3. The molecule has 0 heterocycles. The fourth-order valence-electron chi connectivity index (χ4n) is 1.11. The molecule has 0 aliphatic heterocycles. The summed E-state index contributed by atoms with van der Waals surface area (Å²) in [6.07, 6.45) is 1.21. The third-order valence-corrected chi connectivity index (χ3v) is 1.94. The van der Waals surface area contributed by atoms with Crippen molar-refractivity contribution in [3.63, 3.8) is 0 Å². The fraction of sp³-hybridized carbons (Fsp3) is 0.300. The highest BCUT2D eigenvalue weighted by Crippen LogP contribution is 2.19. The Bertz CT molecular complexity index is 254. The van der Waals surface area contributed by atoms with Crippen molar-refractivity contribution in [3.8, 4) is 0 Å². The van der Waals surface area contributed by atoms with Gasteiger partial charge in [0.2, 0.25) is 0 Å². The molecule has 0 saturated heterocycles. The first-order valence-electron chi connectivity index (χ1n) is 3.95. The highest BCUT2D eigenvalue weighted by molar-refractivity contribution is 5.52. The smallest absolute Gasteiger partial charge is 0.122 e. The number of carbonyl (C=O) groups excluding carboxylic acids is 1. The highest BCUT2D eigenvalue weighted by Gasteiger charge is 2.19. The molecule has 1 unspecified atom stereocenters. The van der Waals surface area contributed by atoms with Gasteiger partial charge in [-0.2, -0.15) is 0 Å². The Balaban J connectivity index is 2.89. The van der Waals surface area contributed by atoms with E-state index in [4.69, 9.17) is 5.73 Å². The van der Waals surface area contributed by atoms with E-state index >= 15 is 0 Å². The standard InChI is InChI=1S/C10H13NO/c1-10(11,7-8-12)9-5-3-2-4-6-9/h2-6,8H,7,11H2,1H3. The number of hydrogen-bond donors (Lipinski definition) is 1. The second-order valence-electron chi connectivity index (χ2n) is 3.15. The monoisotopic (exact) mass is 163 g/mol. The van der Waals surface area contributed by atoms with E-state index in [2.05, 4.69) is 0 Å². The molecule has 2 N–H and O–H groups in total. The number of carbonyl (C=O) groups is 1. The first-order valence-corrected chi connectivity index (χ1v) is 3.95. The van der Waals surface area contributed by atoms with Crippen molar-refractivity contribution in [2.24, 2.45) is 5.73 Å². The van der Waals surface area contributed by atoms with Crippen molar-refractivity contribution in [3.05, 3.63) is 35.9 Å². The molecular formula is C10H13NO. The Hall–Kier alpha value is -1.15. The first-order chi connectivity index (χ1) is 5.67. The van der Waals surface area contributed by atoms with Gasteiger partial charge in [-0.05, 0) is 12.5 Å². The van der Waals surface area contributed by atoms with Gasteiger partial charge in [-0.1, -0.05) is 30.3 Å². The summed E-state index contributed by atoms with van der Waals surface area (Å²) in [5, 5.41) is 0. The average molecular weight is 163 g/mol. The predicted octanol–water partition coefficient (Wildman–Crippen LogP) is 1.45. The van der Waals surface area contributed by atoms with Crippen LogP contribution in [0.15, 0.2) is 30.3 Å². The van der Waals surface area contributed by atoms with Gasteiger partial charge in [-0.25, -0.2) is 0 Å². The zero-order valence-electron chi connectivity index (χ0n) is 7.16. The van der Waals surface area contributed by atoms with Crippen molar-refractivity contribution >= 4 is 6.29 Å². The van der Waals surface area contributed by atoms with Crippen LogP contribution in [0.25, 0.3) is 0 Å². The van der Waals surface area contributed by atoms with E-state index in [0.29, 0.717) is 6.42 Å². The second kappa shape index (κ2) is 3.50. The van der Waals surface area contributed by atoms with E-state index in [9.17, 15) is 4.79 Å².